The van der Waals surface area contributed by atoms with E-state index in [1.54, 1.807) is 0 Å². The Bertz CT molecular complexity index is 217. The summed E-state index contributed by atoms with van der Waals surface area (Å²) in [4.78, 5) is 21.4. The summed E-state index contributed by atoms with van der Waals surface area (Å²) in [5.41, 5.74) is 0. The van der Waals surface area contributed by atoms with Crippen LogP contribution in [0.2, 0.25) is 0 Å². The van der Waals surface area contributed by atoms with Gasteiger partial charge in [-0.15, -0.1) is 0 Å². The molecule has 0 aromatic carbocycles. The van der Waals surface area contributed by atoms with Crippen LogP contribution in [-0.2, 0) is 19.1 Å². The average Bonchev–Trinajstić information content (AvgIpc) is 1.97. The highest BCUT2D eigenvalue weighted by molar-refractivity contribution is 5.79. The van der Waals surface area contributed by atoms with Gasteiger partial charge in [-0.3, -0.25) is 9.59 Å². The molecule has 1 amide bonds. The molecule has 13 heavy (non-hydrogen) atoms. The van der Waals surface area contributed by atoms with Gasteiger partial charge in [0.25, 0.3) is 0 Å². The molecule has 0 bridgehead atoms. The monoisotopic (exact) mass is 189 g/mol. The number of rotatable bonds is 4. The molecule has 6 heteroatoms. The van der Waals surface area contributed by atoms with Crippen molar-refractivity contribution in [1.82, 2.24) is 5.32 Å². The van der Waals surface area contributed by atoms with Crippen LogP contribution in [0.1, 0.15) is 0 Å². The predicted octanol–water partition coefficient (Wildman–Crippen LogP) is -1.19. The zero-order valence-corrected chi connectivity index (χ0v) is 7.15. The van der Waals surface area contributed by atoms with Crippen molar-refractivity contribution in [3.63, 3.8) is 0 Å². The maximum atomic E-state index is 10.9. The minimum atomic E-state index is -0.964. The van der Waals surface area contributed by atoms with E-state index in [0.717, 1.165) is 0 Å². The number of aliphatic carboxylic acids is 1. The van der Waals surface area contributed by atoms with Crippen molar-refractivity contribution < 1.29 is 24.2 Å². The molecule has 0 spiro atoms. The Morgan fingerprint density at radius 2 is 2.38 bits per heavy atom. The predicted molar refractivity (Wildman–Crippen MR) is 40.9 cm³/mol. The lowest BCUT2D eigenvalue weighted by Gasteiger charge is -2.33. The van der Waals surface area contributed by atoms with Gasteiger partial charge in [-0.25, -0.2) is 0 Å². The molecule has 1 rings (SSSR count). The van der Waals surface area contributed by atoms with E-state index in [9.17, 15) is 9.59 Å². The second-order valence-electron chi connectivity index (χ2n) is 2.70. The van der Waals surface area contributed by atoms with Crippen molar-refractivity contribution in [3.8, 4) is 0 Å². The SMILES string of the molecule is COCC(=O)NC1OCC1C(=O)O. The Balaban J connectivity index is 2.30. The first kappa shape index (κ1) is 9.94. The number of ether oxygens (including phenoxy) is 2. The number of hydrogen-bond donors (Lipinski definition) is 2. The van der Waals surface area contributed by atoms with Crippen LogP contribution in [0.15, 0.2) is 0 Å². The first-order valence-corrected chi connectivity index (χ1v) is 3.78. The van der Waals surface area contributed by atoms with E-state index >= 15 is 0 Å². The van der Waals surface area contributed by atoms with E-state index in [0.29, 0.717) is 0 Å². The molecule has 2 unspecified atom stereocenters. The molecule has 0 aliphatic carbocycles. The van der Waals surface area contributed by atoms with Gasteiger partial charge in [0.15, 0.2) is 0 Å². The zero-order chi connectivity index (χ0) is 9.84. The van der Waals surface area contributed by atoms with Gasteiger partial charge in [-0.1, -0.05) is 0 Å². The van der Waals surface area contributed by atoms with E-state index in [1.165, 1.54) is 7.11 Å². The van der Waals surface area contributed by atoms with Crippen LogP contribution < -0.4 is 5.32 Å². The van der Waals surface area contributed by atoms with Crippen LogP contribution in [0, 0.1) is 5.92 Å². The van der Waals surface area contributed by atoms with Gasteiger partial charge in [0, 0.05) is 7.11 Å². The molecular formula is C7H11NO5. The first-order valence-electron chi connectivity index (χ1n) is 3.78. The Kier molecular flexibility index (Phi) is 3.21. The summed E-state index contributed by atoms with van der Waals surface area (Å²) in [5, 5.41) is 11.0. The highest BCUT2D eigenvalue weighted by Crippen LogP contribution is 2.17. The lowest BCUT2D eigenvalue weighted by Crippen LogP contribution is -2.55. The summed E-state index contributed by atoms with van der Waals surface area (Å²) >= 11 is 0. The van der Waals surface area contributed by atoms with Crippen LogP contribution in [0.4, 0.5) is 0 Å². The molecule has 0 radical (unpaired) electrons. The van der Waals surface area contributed by atoms with Crippen molar-refractivity contribution in [2.24, 2.45) is 5.92 Å². The lowest BCUT2D eigenvalue weighted by molar-refractivity contribution is -0.180. The minimum Gasteiger partial charge on any atom is -0.481 e. The van der Waals surface area contributed by atoms with Crippen molar-refractivity contribution in [3.05, 3.63) is 0 Å². The van der Waals surface area contributed by atoms with Crippen LogP contribution in [0.3, 0.4) is 0 Å². The highest BCUT2D eigenvalue weighted by atomic mass is 16.5. The van der Waals surface area contributed by atoms with Gasteiger partial charge >= 0.3 is 5.97 Å². The molecule has 1 saturated heterocycles. The van der Waals surface area contributed by atoms with Crippen LogP contribution in [0.5, 0.6) is 0 Å². The topological polar surface area (TPSA) is 84.9 Å². The summed E-state index contributed by atoms with van der Waals surface area (Å²) in [6.07, 6.45) is -0.708. The standard InChI is InChI=1S/C7H11NO5/c1-12-3-5(9)8-6-4(2-13-6)7(10)11/h4,6H,2-3H2,1H3,(H,8,9)(H,10,11). The molecule has 6 nitrogen and oxygen atoms in total. The van der Waals surface area contributed by atoms with E-state index < -0.39 is 18.1 Å². The number of amides is 1. The maximum Gasteiger partial charge on any atom is 0.313 e. The summed E-state index contributed by atoms with van der Waals surface area (Å²) in [6.45, 7) is 0.0550. The van der Waals surface area contributed by atoms with Crippen molar-refractivity contribution in [2.75, 3.05) is 20.3 Å². The smallest absolute Gasteiger partial charge is 0.313 e. The summed E-state index contributed by atoms with van der Waals surface area (Å²) in [7, 11) is 1.38. The lowest BCUT2D eigenvalue weighted by atomic mass is 10.1. The number of nitrogens with one attached hydrogen (secondary N) is 1. The van der Waals surface area contributed by atoms with Gasteiger partial charge in [0.1, 0.15) is 18.8 Å². The van der Waals surface area contributed by atoms with Gasteiger partial charge in [-0.2, -0.15) is 0 Å². The van der Waals surface area contributed by atoms with E-state index in [2.05, 4.69) is 10.1 Å². The van der Waals surface area contributed by atoms with Gasteiger partial charge < -0.3 is 19.9 Å². The van der Waals surface area contributed by atoms with Crippen LogP contribution >= 0.6 is 0 Å². The highest BCUT2D eigenvalue weighted by Gasteiger charge is 2.38. The van der Waals surface area contributed by atoms with E-state index in [1.807, 2.05) is 0 Å². The molecule has 1 aliphatic heterocycles. The number of carboxylic acids is 1. The van der Waals surface area contributed by atoms with Crippen molar-refractivity contribution in [2.45, 2.75) is 6.23 Å². The summed E-state index contributed by atoms with van der Waals surface area (Å²) in [6, 6.07) is 0. The second-order valence-corrected chi connectivity index (χ2v) is 2.70. The molecule has 2 N–H and O–H groups in total. The van der Waals surface area contributed by atoms with E-state index in [4.69, 9.17) is 9.84 Å². The molecule has 0 saturated carbocycles. The number of methoxy groups -OCH3 is 1. The van der Waals surface area contributed by atoms with Gasteiger partial charge in [0.2, 0.25) is 5.91 Å². The third-order valence-corrected chi connectivity index (χ3v) is 1.72. The first-order chi connectivity index (χ1) is 6.15. The average molecular weight is 189 g/mol. The summed E-state index contributed by atoms with van der Waals surface area (Å²) < 4.78 is 9.41. The second kappa shape index (κ2) is 4.20. The normalized spacial score (nSPS) is 26.2. The van der Waals surface area contributed by atoms with Crippen LogP contribution in [-0.4, -0.2) is 43.5 Å². The Hall–Kier alpha value is -1.14. The molecule has 74 valence electrons. The summed E-state index contributed by atoms with van der Waals surface area (Å²) in [5.74, 6) is -1.98. The molecule has 1 heterocycles. The fraction of sp³-hybridized carbons (Fsp3) is 0.714. The van der Waals surface area contributed by atoms with E-state index in [-0.39, 0.29) is 19.1 Å². The van der Waals surface area contributed by atoms with Gasteiger partial charge in [-0.05, 0) is 0 Å². The van der Waals surface area contributed by atoms with Crippen LogP contribution in [0.25, 0.3) is 0 Å². The Morgan fingerprint density at radius 3 is 2.77 bits per heavy atom. The molecule has 1 fully saturated rings. The molecule has 2 atom stereocenters. The Morgan fingerprint density at radius 1 is 1.69 bits per heavy atom. The molecular weight excluding hydrogens is 178 g/mol. The quantitative estimate of drug-likeness (QED) is 0.580. The fourth-order valence-electron chi connectivity index (χ4n) is 0.963. The molecule has 0 aromatic heterocycles. The number of carboxylic acid groups (broad SMARTS) is 1. The molecule has 1 aliphatic rings. The molecule has 0 aromatic rings. The number of carbonyl (C=O) groups excluding carboxylic acids is 1. The fourth-order valence-corrected chi connectivity index (χ4v) is 0.963. The third-order valence-electron chi connectivity index (χ3n) is 1.72. The number of hydrogen-bond acceptors (Lipinski definition) is 4. The minimum absolute atomic E-state index is 0.0911. The Labute approximate surface area is 74.8 Å². The van der Waals surface area contributed by atoms with Crippen molar-refractivity contribution in [1.29, 1.82) is 0 Å². The largest absolute Gasteiger partial charge is 0.481 e. The zero-order valence-electron chi connectivity index (χ0n) is 7.15. The third kappa shape index (κ3) is 2.40. The maximum absolute atomic E-state index is 10.9. The van der Waals surface area contributed by atoms with Crippen molar-refractivity contribution >= 4 is 11.9 Å². The number of carbonyl (C=O) groups is 2. The van der Waals surface area contributed by atoms with Gasteiger partial charge in [0.05, 0.1) is 6.61 Å².